The van der Waals surface area contributed by atoms with Gasteiger partial charge in [-0.3, -0.25) is 9.59 Å². The fourth-order valence-corrected chi connectivity index (χ4v) is 3.48. The quantitative estimate of drug-likeness (QED) is 0.757. The molecular weight excluding hydrogens is 280 g/mol. The minimum atomic E-state index is -0.430. The third-order valence-corrected chi connectivity index (χ3v) is 4.86. The van der Waals surface area contributed by atoms with Gasteiger partial charge in [0.15, 0.2) is 5.66 Å². The van der Waals surface area contributed by atoms with Gasteiger partial charge >= 0.3 is 0 Å². The van der Waals surface area contributed by atoms with Crippen LogP contribution in [0.4, 0.5) is 0 Å². The molecule has 22 heavy (non-hydrogen) atoms. The number of amides is 2. The maximum Gasteiger partial charge on any atom is 0.245 e. The molecule has 2 atom stereocenters. The molecule has 118 valence electrons. The first-order valence-electron chi connectivity index (χ1n) is 8.11. The highest BCUT2D eigenvalue weighted by Crippen LogP contribution is 2.37. The van der Waals surface area contributed by atoms with Gasteiger partial charge in [-0.2, -0.15) is 10.2 Å². The number of terminal acetylenes is 1. The first-order valence-corrected chi connectivity index (χ1v) is 8.11. The first kappa shape index (κ1) is 15.0. The Morgan fingerprint density at radius 3 is 2.91 bits per heavy atom. The summed E-state index contributed by atoms with van der Waals surface area (Å²) in [6.45, 7) is 0.836. The van der Waals surface area contributed by atoms with E-state index in [-0.39, 0.29) is 17.9 Å². The number of nitrogens with zero attached hydrogens (tertiary/aromatic N) is 3. The summed E-state index contributed by atoms with van der Waals surface area (Å²) in [6.07, 6.45) is 11.5. The highest BCUT2D eigenvalue weighted by molar-refractivity contribution is 5.89. The van der Waals surface area contributed by atoms with Crippen molar-refractivity contribution in [1.29, 1.82) is 0 Å². The van der Waals surface area contributed by atoms with Crippen molar-refractivity contribution in [2.45, 2.75) is 69.1 Å². The van der Waals surface area contributed by atoms with Crippen LogP contribution in [0.1, 0.15) is 51.4 Å². The Bertz CT molecular complexity index is 531. The Hall–Kier alpha value is -1.90. The van der Waals surface area contributed by atoms with E-state index in [1.165, 1.54) is 6.42 Å². The average molecular weight is 302 g/mol. The zero-order chi connectivity index (χ0) is 15.6. The normalized spacial score (nSPS) is 28.1. The number of rotatable bonds is 6. The van der Waals surface area contributed by atoms with Gasteiger partial charge in [-0.1, -0.05) is 0 Å². The summed E-state index contributed by atoms with van der Waals surface area (Å²) in [7, 11) is 0. The van der Waals surface area contributed by atoms with Crippen LogP contribution >= 0.6 is 0 Å². The third kappa shape index (κ3) is 3.13. The summed E-state index contributed by atoms with van der Waals surface area (Å²) in [5, 5.41) is 10.9. The Balaban J connectivity index is 1.44. The molecule has 2 saturated heterocycles. The summed E-state index contributed by atoms with van der Waals surface area (Å²) < 4.78 is 0. The van der Waals surface area contributed by atoms with Crippen molar-refractivity contribution in [2.24, 2.45) is 10.2 Å². The van der Waals surface area contributed by atoms with Crippen LogP contribution in [0.25, 0.3) is 0 Å². The zero-order valence-electron chi connectivity index (χ0n) is 12.8. The minimum absolute atomic E-state index is 0.0842. The van der Waals surface area contributed by atoms with Crippen molar-refractivity contribution in [3.8, 4) is 12.3 Å². The number of piperidine rings is 1. The molecular formula is C16H22N4O2. The largest absolute Gasteiger partial charge is 0.344 e. The van der Waals surface area contributed by atoms with Crippen molar-refractivity contribution in [3.05, 3.63) is 0 Å². The summed E-state index contributed by atoms with van der Waals surface area (Å²) in [5.41, 5.74) is -0.430. The number of carbonyl (C=O) groups is 2. The van der Waals surface area contributed by atoms with Gasteiger partial charge in [-0.15, -0.1) is 12.3 Å². The first-order chi connectivity index (χ1) is 10.6. The Kier molecular flexibility index (Phi) is 4.14. The second-order valence-corrected chi connectivity index (χ2v) is 6.42. The lowest BCUT2D eigenvalue weighted by molar-refractivity contribution is -0.134. The molecule has 3 aliphatic rings. The van der Waals surface area contributed by atoms with Crippen LogP contribution in [0.2, 0.25) is 0 Å². The van der Waals surface area contributed by atoms with Crippen LogP contribution in [0.3, 0.4) is 0 Å². The fraction of sp³-hybridized carbons (Fsp3) is 0.750. The molecule has 3 rings (SSSR count). The van der Waals surface area contributed by atoms with Crippen LogP contribution < -0.4 is 5.32 Å². The van der Waals surface area contributed by atoms with Gasteiger partial charge in [0.1, 0.15) is 6.04 Å². The summed E-state index contributed by atoms with van der Waals surface area (Å²) in [4.78, 5) is 26.3. The fourth-order valence-electron chi connectivity index (χ4n) is 3.48. The average Bonchev–Trinajstić information content (AvgIpc) is 3.24. The maximum absolute atomic E-state index is 12.3. The number of fused-ring (bicyclic) bond motifs is 1. The Morgan fingerprint density at radius 2 is 2.23 bits per heavy atom. The monoisotopic (exact) mass is 302 g/mol. The molecule has 0 spiro atoms. The smallest absolute Gasteiger partial charge is 0.245 e. The molecule has 1 N–H and O–H groups in total. The van der Waals surface area contributed by atoms with Gasteiger partial charge in [0.2, 0.25) is 11.8 Å². The van der Waals surface area contributed by atoms with Gasteiger partial charge in [-0.05, 0) is 25.7 Å². The van der Waals surface area contributed by atoms with Crippen LogP contribution in [-0.4, -0.2) is 41.0 Å². The van der Waals surface area contributed by atoms with E-state index in [2.05, 4.69) is 21.5 Å². The second kappa shape index (κ2) is 6.07. The molecule has 2 unspecified atom stereocenters. The standard InChI is InChI=1S/C16H22N4O2/c1-2-3-8-16(18-19-16)9-7-14(21)17-13-11-12-6-4-5-10-20(12)15(13)22/h1,12-13H,3-11H2,(H,17,21). The van der Waals surface area contributed by atoms with Crippen molar-refractivity contribution >= 4 is 11.8 Å². The van der Waals surface area contributed by atoms with E-state index in [0.717, 1.165) is 25.8 Å². The molecule has 0 aromatic carbocycles. The van der Waals surface area contributed by atoms with E-state index in [1.807, 2.05) is 4.90 Å². The van der Waals surface area contributed by atoms with Gasteiger partial charge in [0.05, 0.1) is 0 Å². The second-order valence-electron chi connectivity index (χ2n) is 6.42. The van der Waals surface area contributed by atoms with Crippen molar-refractivity contribution in [3.63, 3.8) is 0 Å². The molecule has 0 radical (unpaired) electrons. The topological polar surface area (TPSA) is 74.1 Å². The van der Waals surface area contributed by atoms with Gasteiger partial charge < -0.3 is 10.2 Å². The molecule has 0 aromatic heterocycles. The molecule has 2 amide bonds. The lowest BCUT2D eigenvalue weighted by atomic mass is 10.0. The van der Waals surface area contributed by atoms with E-state index >= 15 is 0 Å². The van der Waals surface area contributed by atoms with Crippen molar-refractivity contribution in [1.82, 2.24) is 10.2 Å². The highest BCUT2D eigenvalue weighted by Gasteiger charge is 2.42. The third-order valence-electron chi connectivity index (χ3n) is 4.86. The number of nitrogens with one attached hydrogen (secondary N) is 1. The van der Waals surface area contributed by atoms with Crippen LogP contribution in [0, 0.1) is 12.3 Å². The van der Waals surface area contributed by atoms with E-state index in [9.17, 15) is 9.59 Å². The predicted molar refractivity (Wildman–Crippen MR) is 80.8 cm³/mol. The van der Waals surface area contributed by atoms with E-state index in [0.29, 0.717) is 31.7 Å². The Morgan fingerprint density at radius 1 is 1.41 bits per heavy atom. The van der Waals surface area contributed by atoms with Gasteiger partial charge in [-0.25, -0.2) is 0 Å². The number of hydrogen-bond donors (Lipinski definition) is 1. The predicted octanol–water partition coefficient (Wildman–Crippen LogP) is 1.61. The lowest BCUT2D eigenvalue weighted by Crippen LogP contribution is -2.43. The Labute approximate surface area is 130 Å². The van der Waals surface area contributed by atoms with Crippen LogP contribution in [0.15, 0.2) is 10.2 Å². The highest BCUT2D eigenvalue weighted by atomic mass is 16.2. The molecule has 0 aromatic rings. The summed E-state index contributed by atoms with van der Waals surface area (Å²) in [5.74, 6) is 2.57. The van der Waals surface area contributed by atoms with Crippen LogP contribution in [-0.2, 0) is 9.59 Å². The zero-order valence-corrected chi connectivity index (χ0v) is 12.8. The van der Waals surface area contributed by atoms with Crippen molar-refractivity contribution in [2.75, 3.05) is 6.54 Å². The maximum atomic E-state index is 12.3. The van der Waals surface area contributed by atoms with E-state index in [1.54, 1.807) is 0 Å². The number of carbonyl (C=O) groups excluding carboxylic acids is 2. The molecule has 0 aliphatic carbocycles. The van der Waals surface area contributed by atoms with E-state index in [4.69, 9.17) is 6.42 Å². The SMILES string of the molecule is C#CCCC1(CCC(=O)NC2CC3CCCCN3C2=O)N=N1. The van der Waals surface area contributed by atoms with E-state index < -0.39 is 5.66 Å². The molecule has 0 bridgehead atoms. The molecule has 3 heterocycles. The summed E-state index contributed by atoms with van der Waals surface area (Å²) >= 11 is 0. The molecule has 3 aliphatic heterocycles. The molecule has 0 saturated carbocycles. The number of hydrogen-bond acceptors (Lipinski definition) is 4. The van der Waals surface area contributed by atoms with Crippen LogP contribution in [0.5, 0.6) is 0 Å². The minimum Gasteiger partial charge on any atom is -0.344 e. The molecule has 6 nitrogen and oxygen atoms in total. The lowest BCUT2D eigenvalue weighted by Gasteiger charge is -2.28. The van der Waals surface area contributed by atoms with Crippen molar-refractivity contribution < 1.29 is 9.59 Å². The molecule has 6 heteroatoms. The van der Waals surface area contributed by atoms with Gasteiger partial charge in [0.25, 0.3) is 0 Å². The summed E-state index contributed by atoms with van der Waals surface area (Å²) in [6, 6.07) is -0.0210. The van der Waals surface area contributed by atoms with Gasteiger partial charge in [0, 0.05) is 38.3 Å². The molecule has 2 fully saturated rings.